The van der Waals surface area contributed by atoms with E-state index in [0.717, 1.165) is 42.8 Å². The maximum absolute atomic E-state index is 12.0. The second-order valence-corrected chi connectivity index (χ2v) is 5.54. The first kappa shape index (κ1) is 13.7. The van der Waals surface area contributed by atoms with Gasteiger partial charge < -0.3 is 10.2 Å². The van der Waals surface area contributed by atoms with Crippen LogP contribution in [0.4, 0.5) is 0 Å². The Labute approximate surface area is 117 Å². The van der Waals surface area contributed by atoms with Crippen LogP contribution in [0.25, 0.3) is 0 Å². The first-order chi connectivity index (χ1) is 8.75. The molecule has 1 aliphatic heterocycles. The third-order valence-electron chi connectivity index (χ3n) is 3.25. The molecule has 4 heteroatoms. The largest absolute Gasteiger partial charge is 0.315 e. The summed E-state index contributed by atoms with van der Waals surface area (Å²) in [6.45, 7) is 5.15. The van der Waals surface area contributed by atoms with Crippen LogP contribution in [0.15, 0.2) is 28.7 Å². The van der Waals surface area contributed by atoms with Gasteiger partial charge in [0.05, 0.1) is 0 Å². The van der Waals surface area contributed by atoms with Crippen LogP contribution in [-0.2, 0) is 0 Å². The standard InChI is InChI=1S/C14H19BrN2O/c15-13-4-2-12(3-5-13)14(18)6-10-17-9-1-7-16-8-11-17/h2-5,16H,1,6-11H2. The first-order valence-electron chi connectivity index (χ1n) is 6.47. The average molecular weight is 311 g/mol. The van der Waals surface area contributed by atoms with Crippen LogP contribution in [0.2, 0.25) is 0 Å². The van der Waals surface area contributed by atoms with Gasteiger partial charge in [0.1, 0.15) is 0 Å². The molecule has 1 aromatic carbocycles. The van der Waals surface area contributed by atoms with Crippen molar-refractivity contribution >= 4 is 21.7 Å². The van der Waals surface area contributed by atoms with E-state index in [1.54, 1.807) is 0 Å². The predicted octanol–water partition coefficient (Wildman–Crippen LogP) is 2.32. The van der Waals surface area contributed by atoms with E-state index in [-0.39, 0.29) is 5.78 Å². The second-order valence-electron chi connectivity index (χ2n) is 4.63. The Balaban J connectivity index is 1.82. The van der Waals surface area contributed by atoms with Crippen molar-refractivity contribution < 1.29 is 4.79 Å². The zero-order valence-corrected chi connectivity index (χ0v) is 12.1. The molecule has 3 nitrogen and oxygen atoms in total. The SMILES string of the molecule is O=C(CCN1CCCNCC1)c1ccc(Br)cc1. The summed E-state index contributed by atoms with van der Waals surface area (Å²) < 4.78 is 1.01. The Kier molecular flexibility index (Phi) is 5.35. The van der Waals surface area contributed by atoms with Gasteiger partial charge in [0.25, 0.3) is 0 Å². The van der Waals surface area contributed by atoms with Crippen molar-refractivity contribution in [1.82, 2.24) is 10.2 Å². The van der Waals surface area contributed by atoms with Gasteiger partial charge in [0.2, 0.25) is 0 Å². The van der Waals surface area contributed by atoms with Gasteiger partial charge in [-0.25, -0.2) is 0 Å². The number of nitrogens with zero attached hydrogens (tertiary/aromatic N) is 1. The van der Waals surface area contributed by atoms with E-state index in [1.165, 1.54) is 6.42 Å². The molecule has 0 atom stereocenters. The molecule has 98 valence electrons. The van der Waals surface area contributed by atoms with Crippen molar-refractivity contribution in [3.63, 3.8) is 0 Å². The fourth-order valence-corrected chi connectivity index (χ4v) is 2.43. The second kappa shape index (κ2) is 7.02. The van der Waals surface area contributed by atoms with Gasteiger partial charge in [0.15, 0.2) is 5.78 Å². The van der Waals surface area contributed by atoms with Crippen LogP contribution in [0, 0.1) is 0 Å². The smallest absolute Gasteiger partial charge is 0.164 e. The van der Waals surface area contributed by atoms with Crippen molar-refractivity contribution in [2.45, 2.75) is 12.8 Å². The summed E-state index contributed by atoms with van der Waals surface area (Å²) in [6, 6.07) is 7.61. The van der Waals surface area contributed by atoms with Crippen LogP contribution in [0.1, 0.15) is 23.2 Å². The van der Waals surface area contributed by atoms with Crippen molar-refractivity contribution in [3.05, 3.63) is 34.3 Å². The highest BCUT2D eigenvalue weighted by atomic mass is 79.9. The van der Waals surface area contributed by atoms with Crippen LogP contribution >= 0.6 is 15.9 Å². The fraction of sp³-hybridized carbons (Fsp3) is 0.500. The maximum Gasteiger partial charge on any atom is 0.164 e. The van der Waals surface area contributed by atoms with E-state index in [2.05, 4.69) is 26.1 Å². The minimum atomic E-state index is 0.236. The van der Waals surface area contributed by atoms with Crippen LogP contribution in [-0.4, -0.2) is 43.4 Å². The Bertz CT molecular complexity index is 383. The summed E-state index contributed by atoms with van der Waals surface area (Å²) in [6.07, 6.45) is 1.79. The molecule has 0 aliphatic carbocycles. The summed E-state index contributed by atoms with van der Waals surface area (Å²) in [5.41, 5.74) is 0.811. The highest BCUT2D eigenvalue weighted by Crippen LogP contribution is 2.12. The van der Waals surface area contributed by atoms with Gasteiger partial charge in [0, 0.05) is 36.1 Å². The number of benzene rings is 1. The normalized spacial score (nSPS) is 17.4. The average Bonchev–Trinajstić information content (AvgIpc) is 2.65. The number of halogens is 1. The Hall–Kier alpha value is -0.710. The van der Waals surface area contributed by atoms with Crippen molar-refractivity contribution in [2.75, 3.05) is 32.7 Å². The van der Waals surface area contributed by atoms with E-state index in [1.807, 2.05) is 24.3 Å². The number of hydrogen-bond acceptors (Lipinski definition) is 3. The third-order valence-corrected chi connectivity index (χ3v) is 3.78. The Morgan fingerprint density at radius 3 is 2.78 bits per heavy atom. The molecular weight excluding hydrogens is 292 g/mol. The molecule has 1 aromatic rings. The fourth-order valence-electron chi connectivity index (χ4n) is 2.17. The molecule has 1 N–H and O–H groups in total. The van der Waals surface area contributed by atoms with E-state index in [0.29, 0.717) is 6.42 Å². The molecule has 1 saturated heterocycles. The Morgan fingerprint density at radius 1 is 1.22 bits per heavy atom. The molecule has 18 heavy (non-hydrogen) atoms. The number of hydrogen-bond donors (Lipinski definition) is 1. The lowest BCUT2D eigenvalue weighted by atomic mass is 10.1. The number of carbonyl (C=O) groups is 1. The Morgan fingerprint density at radius 2 is 2.00 bits per heavy atom. The molecule has 1 heterocycles. The highest BCUT2D eigenvalue weighted by molar-refractivity contribution is 9.10. The van der Waals surface area contributed by atoms with Gasteiger partial charge in [-0.1, -0.05) is 28.1 Å². The number of rotatable bonds is 4. The van der Waals surface area contributed by atoms with E-state index in [9.17, 15) is 4.79 Å². The molecule has 0 spiro atoms. The van der Waals surface area contributed by atoms with Crippen molar-refractivity contribution in [1.29, 1.82) is 0 Å². The van der Waals surface area contributed by atoms with E-state index >= 15 is 0 Å². The maximum atomic E-state index is 12.0. The highest BCUT2D eigenvalue weighted by Gasteiger charge is 2.11. The molecule has 2 rings (SSSR count). The molecule has 1 fully saturated rings. The first-order valence-corrected chi connectivity index (χ1v) is 7.27. The summed E-state index contributed by atoms with van der Waals surface area (Å²) >= 11 is 3.38. The molecule has 0 radical (unpaired) electrons. The lowest BCUT2D eigenvalue weighted by Gasteiger charge is -2.18. The minimum absolute atomic E-state index is 0.236. The molecule has 0 bridgehead atoms. The molecule has 0 unspecified atom stereocenters. The van der Waals surface area contributed by atoms with Gasteiger partial charge >= 0.3 is 0 Å². The zero-order valence-electron chi connectivity index (χ0n) is 10.5. The summed E-state index contributed by atoms with van der Waals surface area (Å²) in [4.78, 5) is 14.4. The summed E-state index contributed by atoms with van der Waals surface area (Å²) in [7, 11) is 0. The quantitative estimate of drug-likeness (QED) is 0.866. The van der Waals surface area contributed by atoms with Crippen LogP contribution in [0.3, 0.4) is 0 Å². The predicted molar refractivity (Wildman–Crippen MR) is 77.0 cm³/mol. The van der Waals surface area contributed by atoms with E-state index in [4.69, 9.17) is 0 Å². The molecule has 0 aromatic heterocycles. The lowest BCUT2D eigenvalue weighted by Crippen LogP contribution is -2.30. The zero-order chi connectivity index (χ0) is 12.8. The number of nitrogens with one attached hydrogen (secondary N) is 1. The van der Waals surface area contributed by atoms with Gasteiger partial charge in [-0.2, -0.15) is 0 Å². The van der Waals surface area contributed by atoms with Crippen molar-refractivity contribution in [3.8, 4) is 0 Å². The third kappa shape index (κ3) is 4.19. The lowest BCUT2D eigenvalue weighted by molar-refractivity contribution is 0.0965. The van der Waals surface area contributed by atoms with Crippen LogP contribution < -0.4 is 5.32 Å². The van der Waals surface area contributed by atoms with Gasteiger partial charge in [-0.15, -0.1) is 0 Å². The summed E-state index contributed by atoms with van der Waals surface area (Å²) in [5, 5.41) is 3.37. The number of carbonyl (C=O) groups excluding carboxylic acids is 1. The van der Waals surface area contributed by atoms with Gasteiger partial charge in [-0.3, -0.25) is 4.79 Å². The number of ketones is 1. The molecule has 1 aliphatic rings. The topological polar surface area (TPSA) is 32.3 Å². The molecule has 0 saturated carbocycles. The monoisotopic (exact) mass is 310 g/mol. The molecule has 0 amide bonds. The minimum Gasteiger partial charge on any atom is -0.315 e. The molecular formula is C14H19BrN2O. The van der Waals surface area contributed by atoms with Gasteiger partial charge in [-0.05, 0) is 31.6 Å². The van der Waals surface area contributed by atoms with Crippen molar-refractivity contribution in [2.24, 2.45) is 0 Å². The van der Waals surface area contributed by atoms with Crippen LogP contribution in [0.5, 0.6) is 0 Å². The van der Waals surface area contributed by atoms with E-state index < -0.39 is 0 Å². The summed E-state index contributed by atoms with van der Waals surface area (Å²) in [5.74, 6) is 0.236. The number of Topliss-reactive ketones (excluding diaryl/α,β-unsaturated/α-hetero) is 1.